The van der Waals surface area contributed by atoms with Crippen molar-refractivity contribution >= 4 is 17.5 Å². The van der Waals surface area contributed by atoms with Gasteiger partial charge in [0, 0.05) is 19.6 Å². The van der Waals surface area contributed by atoms with Crippen LogP contribution in [0, 0.1) is 12.8 Å². The van der Waals surface area contributed by atoms with E-state index in [0.717, 1.165) is 64.9 Å². The van der Waals surface area contributed by atoms with Crippen LogP contribution < -0.4 is 20.1 Å². The number of benzene rings is 3. The third-order valence-electron chi connectivity index (χ3n) is 7.69. The van der Waals surface area contributed by atoms with Crippen molar-refractivity contribution in [2.24, 2.45) is 5.92 Å². The summed E-state index contributed by atoms with van der Waals surface area (Å²) in [5.74, 6) is 1.61. The zero-order valence-electron chi connectivity index (χ0n) is 21.7. The molecule has 1 aliphatic heterocycles. The lowest BCUT2D eigenvalue weighted by Crippen LogP contribution is -2.29. The minimum Gasteiger partial charge on any atom is -0.454 e. The van der Waals surface area contributed by atoms with E-state index in [0.29, 0.717) is 12.3 Å². The number of carbonyl (C=O) groups is 2. The first-order chi connectivity index (χ1) is 17.9. The van der Waals surface area contributed by atoms with E-state index in [1.54, 1.807) is 0 Å². The molecule has 6 nitrogen and oxygen atoms in total. The molecule has 0 saturated heterocycles. The molecule has 0 radical (unpaired) electrons. The highest BCUT2D eigenvalue weighted by molar-refractivity contribution is 6.02. The smallest absolute Gasteiger partial charge is 0.235 e. The molecule has 0 bridgehead atoms. The third kappa shape index (κ3) is 5.06. The molecule has 37 heavy (non-hydrogen) atoms. The van der Waals surface area contributed by atoms with Gasteiger partial charge in [0.25, 0.3) is 0 Å². The number of ether oxygens (including phenoxy) is 2. The molecular formula is C31H36N2O4. The van der Waals surface area contributed by atoms with Crippen molar-refractivity contribution in [2.45, 2.75) is 58.4 Å². The third-order valence-corrected chi connectivity index (χ3v) is 7.69. The molecule has 1 aliphatic carbocycles. The molecule has 1 fully saturated rings. The lowest BCUT2D eigenvalue weighted by molar-refractivity contribution is -0.125. The van der Waals surface area contributed by atoms with E-state index in [9.17, 15) is 9.59 Å². The zero-order chi connectivity index (χ0) is 26.0. The Morgan fingerprint density at radius 3 is 2.38 bits per heavy atom. The fourth-order valence-electron chi connectivity index (χ4n) is 5.02. The normalized spacial score (nSPS) is 14.9. The van der Waals surface area contributed by atoms with E-state index in [2.05, 4.69) is 29.7 Å². The van der Waals surface area contributed by atoms with E-state index in [-0.39, 0.29) is 26.0 Å². The molecule has 194 valence electrons. The van der Waals surface area contributed by atoms with Gasteiger partial charge in [-0.25, -0.2) is 0 Å². The Morgan fingerprint density at radius 2 is 1.68 bits per heavy atom. The van der Waals surface area contributed by atoms with Crippen LogP contribution in [0.15, 0.2) is 60.7 Å². The molecule has 6 heteroatoms. The van der Waals surface area contributed by atoms with Gasteiger partial charge < -0.3 is 20.1 Å². The van der Waals surface area contributed by atoms with Crippen molar-refractivity contribution in [3.05, 3.63) is 77.4 Å². The minimum absolute atomic E-state index is 0. The first kappa shape index (κ1) is 24.9. The first-order valence-corrected chi connectivity index (χ1v) is 13.1. The molecule has 3 aromatic rings. The Kier molecular flexibility index (Phi) is 6.92. The van der Waals surface area contributed by atoms with E-state index in [1.165, 1.54) is 0 Å². The second-order valence-electron chi connectivity index (χ2n) is 10.1. The summed E-state index contributed by atoms with van der Waals surface area (Å²) in [5, 5.41) is 6.20. The van der Waals surface area contributed by atoms with Gasteiger partial charge in [-0.1, -0.05) is 50.2 Å². The number of rotatable bonds is 9. The van der Waals surface area contributed by atoms with Crippen molar-refractivity contribution in [1.82, 2.24) is 5.32 Å². The Balaban J connectivity index is 0.00000336. The molecule has 0 aromatic heterocycles. The van der Waals surface area contributed by atoms with Gasteiger partial charge in [-0.3, -0.25) is 9.59 Å². The Bertz CT molecular complexity index is 1310. The summed E-state index contributed by atoms with van der Waals surface area (Å²) in [6.45, 7) is 6.90. The fraction of sp³-hybridized carbons (Fsp3) is 0.355. The molecule has 0 spiro atoms. The largest absolute Gasteiger partial charge is 0.454 e. The monoisotopic (exact) mass is 500 g/mol. The van der Waals surface area contributed by atoms with Gasteiger partial charge in [-0.05, 0) is 84.7 Å². The fourth-order valence-corrected chi connectivity index (χ4v) is 5.02. The molecule has 3 aromatic carbocycles. The molecule has 2 aliphatic rings. The number of amides is 2. The summed E-state index contributed by atoms with van der Waals surface area (Å²) in [7, 11) is 0. The number of hydrogen-bond acceptors (Lipinski definition) is 4. The number of carbonyl (C=O) groups excluding carboxylic acids is 2. The Labute approximate surface area is 219 Å². The SMILES string of the molecule is CCC(CC)C(=O)NCc1ccc(-c2cc(NC(=O)C3(c4ccc5c(c4)OCO5)CC3)ccc2C)cc1.[HH]. The first-order valence-electron chi connectivity index (χ1n) is 13.1. The van der Waals surface area contributed by atoms with E-state index < -0.39 is 5.41 Å². The lowest BCUT2D eigenvalue weighted by atomic mass is 9.94. The maximum atomic E-state index is 13.4. The van der Waals surface area contributed by atoms with Crippen molar-refractivity contribution in [3.8, 4) is 22.6 Å². The van der Waals surface area contributed by atoms with Crippen LogP contribution in [0.4, 0.5) is 5.69 Å². The highest BCUT2D eigenvalue weighted by atomic mass is 16.7. The van der Waals surface area contributed by atoms with Crippen LogP contribution in [-0.2, 0) is 21.5 Å². The summed E-state index contributed by atoms with van der Waals surface area (Å²) in [6, 6.07) is 20.0. The maximum Gasteiger partial charge on any atom is 0.235 e. The van der Waals surface area contributed by atoms with Crippen molar-refractivity contribution in [3.63, 3.8) is 0 Å². The number of hydrogen-bond donors (Lipinski definition) is 2. The van der Waals surface area contributed by atoms with Gasteiger partial charge in [-0.2, -0.15) is 0 Å². The van der Waals surface area contributed by atoms with Crippen LogP contribution >= 0.6 is 0 Å². The maximum absolute atomic E-state index is 13.4. The number of nitrogens with one attached hydrogen (secondary N) is 2. The van der Waals surface area contributed by atoms with Crippen LogP contribution in [0.5, 0.6) is 11.5 Å². The average Bonchev–Trinajstić information content (AvgIpc) is 3.60. The van der Waals surface area contributed by atoms with Crippen LogP contribution in [0.25, 0.3) is 11.1 Å². The Morgan fingerprint density at radius 1 is 0.946 bits per heavy atom. The molecule has 2 amide bonds. The van der Waals surface area contributed by atoms with Crippen LogP contribution in [0.2, 0.25) is 0 Å². The van der Waals surface area contributed by atoms with Gasteiger partial charge in [-0.15, -0.1) is 0 Å². The number of aryl methyl sites for hydroxylation is 1. The van der Waals surface area contributed by atoms with Gasteiger partial charge in [0.1, 0.15) is 0 Å². The highest BCUT2D eigenvalue weighted by Crippen LogP contribution is 2.51. The summed E-state index contributed by atoms with van der Waals surface area (Å²) in [5.41, 5.74) is 5.55. The standard InChI is InChI=1S/C31H34N2O4.H2/c1-4-22(5-2)29(34)32-18-21-7-9-23(10-8-21)26-17-25(12-6-20(26)3)33-30(35)31(14-15-31)24-11-13-27-28(16-24)37-19-36-27;/h6-13,16-17,22H,4-5,14-15,18-19H2,1-3H3,(H,32,34)(H,33,35);1H. The predicted molar refractivity (Wildman–Crippen MR) is 147 cm³/mol. The van der Waals surface area contributed by atoms with Gasteiger partial charge >= 0.3 is 0 Å². The van der Waals surface area contributed by atoms with Crippen molar-refractivity contribution in [2.75, 3.05) is 12.1 Å². The van der Waals surface area contributed by atoms with Gasteiger partial charge in [0.15, 0.2) is 11.5 Å². The van der Waals surface area contributed by atoms with Gasteiger partial charge in [0.2, 0.25) is 18.6 Å². The quantitative estimate of drug-likeness (QED) is 0.358. The van der Waals surface area contributed by atoms with Crippen molar-refractivity contribution < 1.29 is 20.5 Å². The molecular weight excluding hydrogens is 464 g/mol. The minimum atomic E-state index is -0.521. The molecule has 1 heterocycles. The van der Waals surface area contributed by atoms with E-state index >= 15 is 0 Å². The summed E-state index contributed by atoms with van der Waals surface area (Å²) in [6.07, 6.45) is 3.33. The van der Waals surface area contributed by atoms with E-state index in [1.807, 2.05) is 62.4 Å². The highest BCUT2D eigenvalue weighted by Gasteiger charge is 2.51. The number of fused-ring (bicyclic) bond motifs is 1. The number of anilines is 1. The summed E-state index contributed by atoms with van der Waals surface area (Å²) in [4.78, 5) is 25.7. The van der Waals surface area contributed by atoms with Crippen LogP contribution in [-0.4, -0.2) is 18.6 Å². The topological polar surface area (TPSA) is 76.7 Å². The van der Waals surface area contributed by atoms with E-state index in [4.69, 9.17) is 9.47 Å². The molecule has 2 N–H and O–H groups in total. The Hall–Kier alpha value is -3.80. The van der Waals surface area contributed by atoms with Gasteiger partial charge in [0.05, 0.1) is 5.41 Å². The molecule has 0 unspecified atom stereocenters. The predicted octanol–water partition coefficient (Wildman–Crippen LogP) is 6.36. The average molecular weight is 501 g/mol. The second-order valence-corrected chi connectivity index (χ2v) is 10.1. The lowest BCUT2D eigenvalue weighted by Gasteiger charge is -2.17. The molecule has 1 saturated carbocycles. The molecule has 0 atom stereocenters. The second kappa shape index (κ2) is 10.3. The molecule has 5 rings (SSSR count). The van der Waals surface area contributed by atoms with Crippen LogP contribution in [0.3, 0.4) is 0 Å². The zero-order valence-corrected chi connectivity index (χ0v) is 21.7. The van der Waals surface area contributed by atoms with Crippen molar-refractivity contribution in [1.29, 1.82) is 0 Å². The summed E-state index contributed by atoms with van der Waals surface area (Å²) >= 11 is 0. The summed E-state index contributed by atoms with van der Waals surface area (Å²) < 4.78 is 10.9. The van der Waals surface area contributed by atoms with Crippen LogP contribution in [0.1, 0.15) is 57.6 Å².